The Morgan fingerprint density at radius 1 is 0.872 bits per heavy atom. The third-order valence-electron chi connectivity index (χ3n) is 6.44. The van der Waals surface area contributed by atoms with E-state index in [2.05, 4.69) is 5.32 Å². The molecule has 0 spiro atoms. The summed E-state index contributed by atoms with van der Waals surface area (Å²) < 4.78 is 10.9. The largest absolute Gasteiger partial charge is 0.425 e. The first-order valence-corrected chi connectivity index (χ1v) is 12.3. The highest BCUT2D eigenvalue weighted by molar-refractivity contribution is 6.22. The number of imide groups is 1. The van der Waals surface area contributed by atoms with Crippen molar-refractivity contribution in [3.63, 3.8) is 0 Å². The van der Waals surface area contributed by atoms with Gasteiger partial charge in [-0.2, -0.15) is 0 Å². The Balaban J connectivity index is 1.35. The third kappa shape index (κ3) is 4.94. The number of esters is 1. The number of nitrogens with zero attached hydrogens (tertiary/aromatic N) is 1. The van der Waals surface area contributed by atoms with Gasteiger partial charge in [0, 0.05) is 18.0 Å². The van der Waals surface area contributed by atoms with Crippen molar-refractivity contribution >= 4 is 34.7 Å². The Hall–Kier alpha value is -5.05. The summed E-state index contributed by atoms with van der Waals surface area (Å²) in [5, 5.41) is 3.14. The van der Waals surface area contributed by atoms with Gasteiger partial charge in [0.1, 0.15) is 22.9 Å². The molecule has 3 amide bonds. The fourth-order valence-corrected chi connectivity index (χ4v) is 4.50. The highest BCUT2D eigenvalue weighted by Crippen LogP contribution is 2.29. The molecule has 0 bridgehead atoms. The molecule has 0 radical (unpaired) electrons. The maximum absolute atomic E-state index is 13.2. The van der Waals surface area contributed by atoms with Crippen molar-refractivity contribution in [2.45, 2.75) is 26.4 Å². The van der Waals surface area contributed by atoms with E-state index >= 15 is 0 Å². The van der Waals surface area contributed by atoms with E-state index in [9.17, 15) is 24.0 Å². The number of fused-ring (bicyclic) bond motifs is 2. The smallest absolute Gasteiger partial charge is 0.349 e. The van der Waals surface area contributed by atoms with Crippen LogP contribution in [0.3, 0.4) is 0 Å². The number of amides is 3. The van der Waals surface area contributed by atoms with E-state index in [0.717, 1.165) is 10.5 Å². The highest BCUT2D eigenvalue weighted by atomic mass is 16.5. The van der Waals surface area contributed by atoms with Crippen LogP contribution in [0.4, 0.5) is 0 Å². The molecule has 1 unspecified atom stereocenters. The number of carbonyl (C=O) groups is 4. The van der Waals surface area contributed by atoms with Crippen molar-refractivity contribution in [2.24, 2.45) is 5.92 Å². The summed E-state index contributed by atoms with van der Waals surface area (Å²) in [6.45, 7) is 3.66. The molecule has 1 atom stereocenters. The Morgan fingerprint density at radius 2 is 1.51 bits per heavy atom. The predicted molar refractivity (Wildman–Crippen MR) is 141 cm³/mol. The van der Waals surface area contributed by atoms with Gasteiger partial charge in [-0.1, -0.05) is 56.3 Å². The number of carbonyl (C=O) groups excluding carboxylic acids is 4. The van der Waals surface area contributed by atoms with Crippen molar-refractivity contribution < 1.29 is 28.3 Å². The Morgan fingerprint density at radius 3 is 2.15 bits per heavy atom. The molecule has 0 saturated heterocycles. The van der Waals surface area contributed by atoms with E-state index in [-0.39, 0.29) is 34.6 Å². The average Bonchev–Trinajstić information content (AvgIpc) is 3.17. The first-order valence-electron chi connectivity index (χ1n) is 12.3. The molecule has 0 fully saturated rings. The number of hydrogen-bond donors (Lipinski definition) is 1. The number of ether oxygens (including phenoxy) is 1. The SMILES string of the molecule is CC(C)C(C(=O)Oc1ccc2cc(C(=O)NCc3ccccc3)c(=O)oc2c1)N1C(=O)c2ccccc2C1=O. The van der Waals surface area contributed by atoms with Gasteiger partial charge in [-0.25, -0.2) is 9.59 Å². The standard InChI is InChI=1S/C30H24N2O7/c1-17(2)25(32-27(34)21-10-6-7-11-22(21)28(32)35)30(37)38-20-13-12-19-14-23(29(36)39-24(19)15-20)26(33)31-16-18-8-4-3-5-9-18/h3-15,17,25H,16H2,1-2H3,(H,31,33). The van der Waals surface area contributed by atoms with Crippen LogP contribution in [0.1, 0.15) is 50.5 Å². The Bertz CT molecular complexity index is 1640. The zero-order valence-electron chi connectivity index (χ0n) is 21.2. The minimum absolute atomic E-state index is 0.0548. The minimum atomic E-state index is -1.17. The average molecular weight is 525 g/mol. The lowest BCUT2D eigenvalue weighted by molar-refractivity contribution is -0.140. The van der Waals surface area contributed by atoms with Crippen LogP contribution in [0.5, 0.6) is 5.75 Å². The molecule has 1 aliphatic heterocycles. The van der Waals surface area contributed by atoms with Gasteiger partial charge in [0.05, 0.1) is 11.1 Å². The number of hydrogen-bond acceptors (Lipinski definition) is 7. The van der Waals surface area contributed by atoms with Gasteiger partial charge in [-0.15, -0.1) is 0 Å². The number of benzene rings is 3. The first-order chi connectivity index (χ1) is 18.7. The molecule has 9 nitrogen and oxygen atoms in total. The van der Waals surface area contributed by atoms with E-state index in [1.807, 2.05) is 30.3 Å². The first kappa shape index (κ1) is 25.6. The van der Waals surface area contributed by atoms with Gasteiger partial charge in [-0.3, -0.25) is 19.3 Å². The topological polar surface area (TPSA) is 123 Å². The van der Waals surface area contributed by atoms with Crippen LogP contribution in [-0.4, -0.2) is 34.6 Å². The van der Waals surface area contributed by atoms with Crippen molar-refractivity contribution in [2.75, 3.05) is 0 Å². The van der Waals surface area contributed by atoms with Crippen LogP contribution < -0.4 is 15.7 Å². The van der Waals surface area contributed by atoms with Crippen LogP contribution in [0.15, 0.2) is 88.1 Å². The van der Waals surface area contributed by atoms with Gasteiger partial charge >= 0.3 is 11.6 Å². The van der Waals surface area contributed by atoms with E-state index in [0.29, 0.717) is 5.39 Å². The molecular weight excluding hydrogens is 500 g/mol. The zero-order valence-corrected chi connectivity index (χ0v) is 21.2. The Labute approximate surface area is 223 Å². The molecule has 1 aromatic heterocycles. The summed E-state index contributed by atoms with van der Waals surface area (Å²) in [5.41, 5.74) is 0.445. The molecule has 1 aliphatic rings. The zero-order chi connectivity index (χ0) is 27.7. The van der Waals surface area contributed by atoms with E-state index < -0.39 is 41.3 Å². The maximum atomic E-state index is 13.2. The van der Waals surface area contributed by atoms with Crippen molar-refractivity contribution in [3.8, 4) is 5.75 Å². The maximum Gasteiger partial charge on any atom is 0.349 e. The normalized spacial score (nSPS) is 13.5. The van der Waals surface area contributed by atoms with Crippen LogP contribution in [0.2, 0.25) is 0 Å². The molecule has 3 aromatic carbocycles. The second-order valence-corrected chi connectivity index (χ2v) is 9.45. The van der Waals surface area contributed by atoms with Crippen LogP contribution in [0, 0.1) is 5.92 Å². The summed E-state index contributed by atoms with van der Waals surface area (Å²) in [6, 6.07) is 20.2. The summed E-state index contributed by atoms with van der Waals surface area (Å²) in [6.07, 6.45) is 0. The Kier molecular flexibility index (Phi) is 6.81. The van der Waals surface area contributed by atoms with Crippen LogP contribution in [0.25, 0.3) is 11.0 Å². The van der Waals surface area contributed by atoms with Gasteiger partial charge in [0.15, 0.2) is 0 Å². The van der Waals surface area contributed by atoms with Gasteiger partial charge in [0.25, 0.3) is 17.7 Å². The molecular formula is C30H24N2O7. The molecule has 2 heterocycles. The number of nitrogens with one attached hydrogen (secondary N) is 1. The minimum Gasteiger partial charge on any atom is -0.425 e. The fraction of sp³-hybridized carbons (Fsp3) is 0.167. The van der Waals surface area contributed by atoms with E-state index in [4.69, 9.17) is 9.15 Å². The van der Waals surface area contributed by atoms with Gasteiger partial charge < -0.3 is 14.5 Å². The number of rotatable bonds is 7. The molecule has 0 saturated carbocycles. The molecule has 4 aromatic rings. The molecule has 39 heavy (non-hydrogen) atoms. The summed E-state index contributed by atoms with van der Waals surface area (Å²) in [7, 11) is 0. The lowest BCUT2D eigenvalue weighted by Gasteiger charge is -2.27. The van der Waals surface area contributed by atoms with E-state index in [1.165, 1.54) is 18.2 Å². The molecule has 0 aliphatic carbocycles. The molecule has 196 valence electrons. The highest BCUT2D eigenvalue weighted by Gasteiger charge is 2.44. The second kappa shape index (κ2) is 10.4. The van der Waals surface area contributed by atoms with E-state index in [1.54, 1.807) is 44.2 Å². The quantitative estimate of drug-likeness (QED) is 0.168. The summed E-state index contributed by atoms with van der Waals surface area (Å²) in [4.78, 5) is 65.2. The fourth-order valence-electron chi connectivity index (χ4n) is 4.50. The van der Waals surface area contributed by atoms with Gasteiger partial charge in [-0.05, 0) is 41.8 Å². The second-order valence-electron chi connectivity index (χ2n) is 9.45. The molecule has 9 heteroatoms. The summed E-state index contributed by atoms with van der Waals surface area (Å²) in [5.74, 6) is -2.89. The van der Waals surface area contributed by atoms with Crippen molar-refractivity contribution in [1.82, 2.24) is 10.2 Å². The molecule has 1 N–H and O–H groups in total. The van der Waals surface area contributed by atoms with Crippen molar-refractivity contribution in [3.05, 3.63) is 112 Å². The van der Waals surface area contributed by atoms with Crippen LogP contribution in [-0.2, 0) is 11.3 Å². The van der Waals surface area contributed by atoms with Gasteiger partial charge in [0.2, 0.25) is 0 Å². The lowest BCUT2D eigenvalue weighted by atomic mass is 10.0. The monoisotopic (exact) mass is 524 g/mol. The van der Waals surface area contributed by atoms with Crippen molar-refractivity contribution in [1.29, 1.82) is 0 Å². The molecule has 5 rings (SSSR count). The third-order valence-corrected chi connectivity index (χ3v) is 6.44. The van der Waals surface area contributed by atoms with Crippen LogP contribution >= 0.6 is 0 Å². The predicted octanol–water partition coefficient (Wildman–Crippen LogP) is 3.95. The summed E-state index contributed by atoms with van der Waals surface area (Å²) >= 11 is 0. The lowest BCUT2D eigenvalue weighted by Crippen LogP contribution is -2.49.